The second-order valence-electron chi connectivity index (χ2n) is 5.63. The van der Waals surface area contributed by atoms with Crippen molar-refractivity contribution in [2.75, 3.05) is 6.54 Å². The van der Waals surface area contributed by atoms with Crippen molar-refractivity contribution >= 4 is 15.9 Å². The molecule has 1 N–H and O–H groups in total. The molecular formula is C15H20BrN. The van der Waals surface area contributed by atoms with Crippen LogP contribution in [0, 0.1) is 5.92 Å². The van der Waals surface area contributed by atoms with Gasteiger partial charge in [-0.3, -0.25) is 0 Å². The van der Waals surface area contributed by atoms with Crippen LogP contribution >= 0.6 is 15.9 Å². The molecule has 0 aliphatic heterocycles. The van der Waals surface area contributed by atoms with Crippen molar-refractivity contribution in [1.82, 2.24) is 5.32 Å². The fourth-order valence-electron chi connectivity index (χ4n) is 3.00. The lowest BCUT2D eigenvalue weighted by atomic mass is 9.92. The van der Waals surface area contributed by atoms with Gasteiger partial charge >= 0.3 is 0 Å². The summed E-state index contributed by atoms with van der Waals surface area (Å²) in [7, 11) is 0. The molecule has 3 rings (SSSR count). The number of benzene rings is 1. The van der Waals surface area contributed by atoms with Gasteiger partial charge in [-0.1, -0.05) is 41.4 Å². The molecule has 2 atom stereocenters. The number of halogens is 1. The van der Waals surface area contributed by atoms with Crippen LogP contribution in [0.4, 0.5) is 0 Å². The van der Waals surface area contributed by atoms with E-state index >= 15 is 0 Å². The highest BCUT2D eigenvalue weighted by Gasteiger charge is 2.53. The van der Waals surface area contributed by atoms with Crippen molar-refractivity contribution in [2.45, 2.75) is 44.1 Å². The predicted octanol–water partition coefficient (Wildman–Crippen LogP) is 3.87. The Morgan fingerprint density at radius 2 is 2.24 bits per heavy atom. The topological polar surface area (TPSA) is 12.0 Å². The molecule has 92 valence electrons. The smallest absolute Gasteiger partial charge is 0.0178 e. The SMILES string of the molecule is CCC1CC1(CNC1CC1)c1cccc(Br)c1. The fourth-order valence-corrected chi connectivity index (χ4v) is 3.40. The van der Waals surface area contributed by atoms with Crippen LogP contribution in [0.1, 0.15) is 38.2 Å². The Morgan fingerprint density at radius 3 is 2.82 bits per heavy atom. The summed E-state index contributed by atoms with van der Waals surface area (Å²) in [4.78, 5) is 0. The largest absolute Gasteiger partial charge is 0.313 e. The highest BCUT2D eigenvalue weighted by Crippen LogP contribution is 2.56. The third kappa shape index (κ3) is 2.30. The van der Waals surface area contributed by atoms with Gasteiger partial charge in [0.15, 0.2) is 0 Å². The van der Waals surface area contributed by atoms with E-state index in [1.54, 1.807) is 0 Å². The lowest BCUT2D eigenvalue weighted by Crippen LogP contribution is -2.30. The van der Waals surface area contributed by atoms with Gasteiger partial charge in [-0.2, -0.15) is 0 Å². The lowest BCUT2D eigenvalue weighted by molar-refractivity contribution is 0.521. The average molecular weight is 294 g/mol. The van der Waals surface area contributed by atoms with E-state index in [2.05, 4.69) is 52.4 Å². The molecule has 0 heterocycles. The number of nitrogens with one attached hydrogen (secondary N) is 1. The van der Waals surface area contributed by atoms with Crippen molar-refractivity contribution in [2.24, 2.45) is 5.92 Å². The summed E-state index contributed by atoms with van der Waals surface area (Å²) >= 11 is 3.60. The minimum atomic E-state index is 0.432. The van der Waals surface area contributed by atoms with Crippen molar-refractivity contribution < 1.29 is 0 Å². The Labute approximate surface area is 112 Å². The first-order valence-electron chi connectivity index (χ1n) is 6.74. The van der Waals surface area contributed by atoms with Crippen LogP contribution in [0.2, 0.25) is 0 Å². The normalized spacial score (nSPS) is 31.5. The van der Waals surface area contributed by atoms with E-state index in [0.29, 0.717) is 5.41 Å². The zero-order valence-electron chi connectivity index (χ0n) is 10.4. The molecule has 2 aliphatic carbocycles. The molecule has 1 nitrogen and oxygen atoms in total. The molecule has 2 saturated carbocycles. The summed E-state index contributed by atoms with van der Waals surface area (Å²) in [5.41, 5.74) is 1.95. The zero-order valence-corrected chi connectivity index (χ0v) is 12.0. The summed E-state index contributed by atoms with van der Waals surface area (Å²) in [6.07, 6.45) is 5.43. The standard InChI is InChI=1S/C15H20BrN/c1-2-11-9-15(11,10-17-14-6-7-14)12-4-3-5-13(16)8-12/h3-5,8,11,14,17H,2,6-7,9-10H2,1H3. The number of rotatable bonds is 5. The summed E-state index contributed by atoms with van der Waals surface area (Å²) in [6, 6.07) is 9.72. The Morgan fingerprint density at radius 1 is 1.41 bits per heavy atom. The molecule has 0 radical (unpaired) electrons. The van der Waals surface area contributed by atoms with Gasteiger partial charge in [0.2, 0.25) is 0 Å². The van der Waals surface area contributed by atoms with E-state index in [9.17, 15) is 0 Å². The third-order valence-electron chi connectivity index (χ3n) is 4.41. The first-order valence-corrected chi connectivity index (χ1v) is 7.53. The Kier molecular flexibility index (Phi) is 3.04. The molecule has 0 saturated heterocycles. The van der Waals surface area contributed by atoms with Gasteiger partial charge < -0.3 is 5.32 Å². The number of hydrogen-bond acceptors (Lipinski definition) is 1. The molecule has 0 amide bonds. The summed E-state index contributed by atoms with van der Waals surface area (Å²) in [5, 5.41) is 3.73. The van der Waals surface area contributed by atoms with Gasteiger partial charge in [-0.15, -0.1) is 0 Å². The quantitative estimate of drug-likeness (QED) is 0.869. The van der Waals surface area contributed by atoms with Crippen molar-refractivity contribution in [3.05, 3.63) is 34.3 Å². The van der Waals surface area contributed by atoms with Crippen LogP contribution < -0.4 is 5.32 Å². The van der Waals surface area contributed by atoms with Crippen molar-refractivity contribution in [3.8, 4) is 0 Å². The van der Waals surface area contributed by atoms with Gasteiger partial charge in [-0.25, -0.2) is 0 Å². The fraction of sp³-hybridized carbons (Fsp3) is 0.600. The van der Waals surface area contributed by atoms with Crippen LogP contribution in [0.3, 0.4) is 0 Å². The number of hydrogen-bond donors (Lipinski definition) is 1. The second-order valence-corrected chi connectivity index (χ2v) is 6.55. The van der Waals surface area contributed by atoms with Crippen molar-refractivity contribution in [1.29, 1.82) is 0 Å². The molecule has 0 spiro atoms. The van der Waals surface area contributed by atoms with E-state index in [1.807, 2.05) is 0 Å². The van der Waals surface area contributed by atoms with Gasteiger partial charge in [-0.05, 0) is 42.9 Å². The highest BCUT2D eigenvalue weighted by atomic mass is 79.9. The molecule has 0 bridgehead atoms. The van der Waals surface area contributed by atoms with Gasteiger partial charge in [0, 0.05) is 22.5 Å². The highest BCUT2D eigenvalue weighted by molar-refractivity contribution is 9.10. The predicted molar refractivity (Wildman–Crippen MR) is 75.2 cm³/mol. The second kappa shape index (κ2) is 4.40. The molecule has 2 fully saturated rings. The minimum Gasteiger partial charge on any atom is -0.313 e. The van der Waals surface area contributed by atoms with E-state index in [1.165, 1.54) is 42.3 Å². The van der Waals surface area contributed by atoms with Crippen LogP contribution in [0.5, 0.6) is 0 Å². The molecule has 2 unspecified atom stereocenters. The van der Waals surface area contributed by atoms with E-state index in [-0.39, 0.29) is 0 Å². The Hall–Kier alpha value is -0.340. The lowest BCUT2D eigenvalue weighted by Gasteiger charge is -2.19. The first-order chi connectivity index (χ1) is 8.24. The minimum absolute atomic E-state index is 0.432. The summed E-state index contributed by atoms with van der Waals surface area (Å²) in [6.45, 7) is 3.49. The third-order valence-corrected chi connectivity index (χ3v) is 4.90. The van der Waals surface area contributed by atoms with Crippen LogP contribution in [0.15, 0.2) is 28.7 Å². The Balaban J connectivity index is 1.79. The molecule has 0 aromatic heterocycles. The van der Waals surface area contributed by atoms with Crippen LogP contribution in [-0.4, -0.2) is 12.6 Å². The molecule has 17 heavy (non-hydrogen) atoms. The van der Waals surface area contributed by atoms with Crippen LogP contribution in [-0.2, 0) is 5.41 Å². The Bertz CT molecular complexity index is 413. The first kappa shape index (κ1) is 11.7. The molecular weight excluding hydrogens is 274 g/mol. The monoisotopic (exact) mass is 293 g/mol. The molecule has 1 aromatic carbocycles. The molecule has 2 heteroatoms. The maximum absolute atomic E-state index is 3.73. The summed E-state index contributed by atoms with van der Waals surface area (Å²) in [5.74, 6) is 0.878. The molecule has 1 aromatic rings. The molecule has 2 aliphatic rings. The van der Waals surface area contributed by atoms with Gasteiger partial charge in [0.1, 0.15) is 0 Å². The maximum atomic E-state index is 3.73. The van der Waals surface area contributed by atoms with Gasteiger partial charge in [0.05, 0.1) is 0 Å². The summed E-state index contributed by atoms with van der Waals surface area (Å²) < 4.78 is 1.21. The van der Waals surface area contributed by atoms with E-state index in [0.717, 1.165) is 12.0 Å². The maximum Gasteiger partial charge on any atom is 0.0178 e. The van der Waals surface area contributed by atoms with Gasteiger partial charge in [0.25, 0.3) is 0 Å². The van der Waals surface area contributed by atoms with Crippen molar-refractivity contribution in [3.63, 3.8) is 0 Å². The van der Waals surface area contributed by atoms with E-state index < -0.39 is 0 Å². The zero-order chi connectivity index (χ0) is 11.9. The average Bonchev–Trinajstić information content (AvgIpc) is 3.22. The van der Waals surface area contributed by atoms with E-state index in [4.69, 9.17) is 0 Å². The van der Waals surface area contributed by atoms with Crippen LogP contribution in [0.25, 0.3) is 0 Å².